The molecule has 0 unspecified atom stereocenters. The summed E-state index contributed by atoms with van der Waals surface area (Å²) in [6, 6.07) is 5.81. The lowest BCUT2D eigenvalue weighted by Crippen LogP contribution is -2.09. The van der Waals surface area contributed by atoms with Gasteiger partial charge in [0.1, 0.15) is 17.5 Å². The number of halogens is 1. The minimum Gasteiger partial charge on any atom is -0.370 e. The van der Waals surface area contributed by atoms with Crippen molar-refractivity contribution in [1.82, 2.24) is 9.97 Å². The molecule has 2 aromatic rings. The Morgan fingerprint density at radius 3 is 2.48 bits per heavy atom. The predicted octanol–water partition coefficient (Wildman–Crippen LogP) is 4.62. The Morgan fingerprint density at radius 1 is 1.05 bits per heavy atom. The number of nitrogens with one attached hydrogen (secondary N) is 2. The lowest BCUT2D eigenvalue weighted by Gasteiger charge is -2.15. The van der Waals surface area contributed by atoms with Crippen LogP contribution in [0.5, 0.6) is 0 Å². The van der Waals surface area contributed by atoms with Crippen LogP contribution in [0.4, 0.5) is 17.3 Å². The van der Waals surface area contributed by atoms with E-state index in [2.05, 4.69) is 27.5 Å². The number of hydrogen-bond acceptors (Lipinski definition) is 4. The molecule has 0 aliphatic carbocycles. The number of hydrogen-bond donors (Lipinski definition) is 2. The molecule has 0 saturated heterocycles. The maximum absolute atomic E-state index is 6.17. The maximum Gasteiger partial charge on any atom is 0.139 e. The average molecular weight is 305 g/mol. The number of nitrogens with zero attached hydrogens (tertiary/aromatic N) is 2. The van der Waals surface area contributed by atoms with Crippen LogP contribution in [0.1, 0.15) is 30.3 Å². The lowest BCUT2D eigenvalue weighted by atomic mass is 10.2. The van der Waals surface area contributed by atoms with E-state index in [-0.39, 0.29) is 0 Å². The van der Waals surface area contributed by atoms with Crippen molar-refractivity contribution in [3.8, 4) is 0 Å². The molecule has 0 fully saturated rings. The maximum atomic E-state index is 6.17. The molecule has 112 valence electrons. The molecule has 1 heterocycles. The molecule has 0 amide bonds. The van der Waals surface area contributed by atoms with Gasteiger partial charge in [-0.05, 0) is 44.9 Å². The fourth-order valence-electron chi connectivity index (χ4n) is 2.04. The van der Waals surface area contributed by atoms with E-state index >= 15 is 0 Å². The second-order valence-electron chi connectivity index (χ2n) is 5.06. The molecular weight excluding hydrogens is 284 g/mol. The van der Waals surface area contributed by atoms with Crippen LogP contribution in [0.3, 0.4) is 0 Å². The summed E-state index contributed by atoms with van der Waals surface area (Å²) in [6.45, 7) is 8.92. The largest absolute Gasteiger partial charge is 0.370 e. The second kappa shape index (κ2) is 6.76. The van der Waals surface area contributed by atoms with Gasteiger partial charge >= 0.3 is 0 Å². The van der Waals surface area contributed by atoms with Gasteiger partial charge in [-0.2, -0.15) is 0 Å². The van der Waals surface area contributed by atoms with Gasteiger partial charge in [0.15, 0.2) is 0 Å². The molecule has 0 atom stereocenters. The Bertz CT molecular complexity index is 640. The zero-order valence-corrected chi connectivity index (χ0v) is 13.7. The minimum atomic E-state index is 0.737. The van der Waals surface area contributed by atoms with Gasteiger partial charge < -0.3 is 10.6 Å². The standard InChI is InChI=1S/C16H21ClN4/c1-5-9-18-15-11(3)16(20-12(4)19-15)21-14-8-6-7-13(17)10(14)2/h6-8H,5,9H2,1-4H3,(H2,18,19,20,21). The van der Waals surface area contributed by atoms with E-state index < -0.39 is 0 Å². The first-order chi connectivity index (χ1) is 10.0. The van der Waals surface area contributed by atoms with Crippen molar-refractivity contribution in [1.29, 1.82) is 0 Å². The van der Waals surface area contributed by atoms with Crippen LogP contribution in [0.15, 0.2) is 18.2 Å². The highest BCUT2D eigenvalue weighted by Gasteiger charge is 2.10. The highest BCUT2D eigenvalue weighted by Crippen LogP contribution is 2.28. The van der Waals surface area contributed by atoms with Gasteiger partial charge in [-0.15, -0.1) is 0 Å². The molecule has 0 aliphatic rings. The number of benzene rings is 1. The first-order valence-corrected chi connectivity index (χ1v) is 7.52. The fourth-order valence-corrected chi connectivity index (χ4v) is 2.21. The van der Waals surface area contributed by atoms with E-state index in [1.165, 1.54) is 0 Å². The summed E-state index contributed by atoms with van der Waals surface area (Å²) in [5.74, 6) is 2.43. The lowest BCUT2D eigenvalue weighted by molar-refractivity contribution is 0.948. The number of aromatic nitrogens is 2. The molecule has 5 heteroatoms. The van der Waals surface area contributed by atoms with Crippen molar-refractivity contribution >= 4 is 28.9 Å². The van der Waals surface area contributed by atoms with Crippen molar-refractivity contribution in [2.45, 2.75) is 34.1 Å². The zero-order chi connectivity index (χ0) is 15.4. The molecule has 4 nitrogen and oxygen atoms in total. The monoisotopic (exact) mass is 304 g/mol. The van der Waals surface area contributed by atoms with E-state index in [1.54, 1.807) is 0 Å². The molecule has 0 aliphatic heterocycles. The Balaban J connectivity index is 2.35. The number of rotatable bonds is 5. The Kier molecular flexibility index (Phi) is 5.02. The molecule has 0 bridgehead atoms. The normalized spacial score (nSPS) is 10.5. The topological polar surface area (TPSA) is 49.8 Å². The average Bonchev–Trinajstić information content (AvgIpc) is 2.45. The molecule has 0 spiro atoms. The quantitative estimate of drug-likeness (QED) is 0.846. The second-order valence-corrected chi connectivity index (χ2v) is 5.46. The molecule has 2 rings (SSSR count). The van der Waals surface area contributed by atoms with Crippen molar-refractivity contribution in [3.63, 3.8) is 0 Å². The molecule has 21 heavy (non-hydrogen) atoms. The van der Waals surface area contributed by atoms with Crippen LogP contribution in [0, 0.1) is 20.8 Å². The first kappa shape index (κ1) is 15.6. The van der Waals surface area contributed by atoms with Crippen molar-refractivity contribution in [3.05, 3.63) is 40.2 Å². The summed E-state index contributed by atoms with van der Waals surface area (Å²) in [7, 11) is 0. The van der Waals surface area contributed by atoms with Crippen LogP contribution in [-0.4, -0.2) is 16.5 Å². The first-order valence-electron chi connectivity index (χ1n) is 7.14. The summed E-state index contributed by atoms with van der Waals surface area (Å²) < 4.78 is 0. The Morgan fingerprint density at radius 2 is 1.76 bits per heavy atom. The number of aryl methyl sites for hydroxylation is 1. The number of anilines is 3. The Hall–Kier alpha value is -1.81. The van der Waals surface area contributed by atoms with Crippen molar-refractivity contribution in [2.24, 2.45) is 0 Å². The molecule has 1 aromatic carbocycles. The smallest absolute Gasteiger partial charge is 0.139 e. The Labute approximate surface area is 131 Å². The highest BCUT2D eigenvalue weighted by atomic mass is 35.5. The van der Waals surface area contributed by atoms with Crippen LogP contribution in [0.25, 0.3) is 0 Å². The minimum absolute atomic E-state index is 0.737. The van der Waals surface area contributed by atoms with E-state index in [4.69, 9.17) is 11.6 Å². The third kappa shape index (κ3) is 3.64. The highest BCUT2D eigenvalue weighted by molar-refractivity contribution is 6.31. The van der Waals surface area contributed by atoms with Gasteiger partial charge in [0.2, 0.25) is 0 Å². The summed E-state index contributed by atoms with van der Waals surface area (Å²) >= 11 is 6.17. The van der Waals surface area contributed by atoms with Crippen molar-refractivity contribution in [2.75, 3.05) is 17.2 Å². The summed E-state index contributed by atoms with van der Waals surface area (Å²) in [4.78, 5) is 8.97. The van der Waals surface area contributed by atoms with Crippen molar-refractivity contribution < 1.29 is 0 Å². The van der Waals surface area contributed by atoms with Gasteiger partial charge in [-0.1, -0.05) is 24.6 Å². The van der Waals surface area contributed by atoms with E-state index in [0.717, 1.165) is 52.3 Å². The molecule has 2 N–H and O–H groups in total. The zero-order valence-electron chi connectivity index (χ0n) is 12.9. The third-order valence-electron chi connectivity index (χ3n) is 3.32. The fraction of sp³-hybridized carbons (Fsp3) is 0.375. The molecule has 0 saturated carbocycles. The SMILES string of the molecule is CCCNc1nc(C)nc(Nc2cccc(Cl)c2C)c1C. The van der Waals surface area contributed by atoms with Gasteiger partial charge in [-0.25, -0.2) is 9.97 Å². The van der Waals surface area contributed by atoms with Gasteiger partial charge in [0.05, 0.1) is 0 Å². The third-order valence-corrected chi connectivity index (χ3v) is 3.73. The van der Waals surface area contributed by atoms with E-state index in [1.807, 2.05) is 39.0 Å². The van der Waals surface area contributed by atoms with Crippen LogP contribution in [0.2, 0.25) is 5.02 Å². The summed E-state index contributed by atoms with van der Waals surface area (Å²) in [5, 5.41) is 7.45. The van der Waals surface area contributed by atoms with Gasteiger partial charge in [0, 0.05) is 22.8 Å². The van der Waals surface area contributed by atoms with E-state index in [0.29, 0.717) is 0 Å². The molecular formula is C16H21ClN4. The van der Waals surface area contributed by atoms with Gasteiger partial charge in [0.25, 0.3) is 0 Å². The van der Waals surface area contributed by atoms with Crippen LogP contribution in [-0.2, 0) is 0 Å². The summed E-state index contributed by atoms with van der Waals surface area (Å²) in [5.41, 5.74) is 2.98. The molecule has 1 aromatic heterocycles. The predicted molar refractivity (Wildman–Crippen MR) is 89.8 cm³/mol. The summed E-state index contributed by atoms with van der Waals surface area (Å²) in [6.07, 6.45) is 1.05. The van der Waals surface area contributed by atoms with Crippen LogP contribution < -0.4 is 10.6 Å². The van der Waals surface area contributed by atoms with Gasteiger partial charge in [-0.3, -0.25) is 0 Å². The van der Waals surface area contributed by atoms with Crippen LogP contribution >= 0.6 is 11.6 Å². The molecule has 0 radical (unpaired) electrons. The van der Waals surface area contributed by atoms with E-state index in [9.17, 15) is 0 Å².